The van der Waals surface area contributed by atoms with Crippen molar-refractivity contribution in [1.29, 1.82) is 0 Å². The van der Waals surface area contributed by atoms with Gasteiger partial charge in [-0.15, -0.1) is 23.1 Å². The summed E-state index contributed by atoms with van der Waals surface area (Å²) >= 11 is 6.54. The second kappa shape index (κ2) is 5.91. The molecule has 18 heavy (non-hydrogen) atoms. The first kappa shape index (κ1) is 13.6. The van der Waals surface area contributed by atoms with E-state index in [2.05, 4.69) is 21.2 Å². The van der Waals surface area contributed by atoms with Gasteiger partial charge in [0.25, 0.3) is 5.91 Å². The van der Waals surface area contributed by atoms with Crippen molar-refractivity contribution in [3.8, 4) is 0 Å². The number of benzene rings is 1. The molecule has 2 rings (SSSR count). The van der Waals surface area contributed by atoms with Gasteiger partial charge in [-0.1, -0.05) is 6.07 Å². The summed E-state index contributed by atoms with van der Waals surface area (Å²) in [5.41, 5.74) is 1.91. The van der Waals surface area contributed by atoms with Gasteiger partial charge in [-0.2, -0.15) is 0 Å². The number of thiophene rings is 1. The van der Waals surface area contributed by atoms with Crippen LogP contribution >= 0.6 is 39.0 Å². The van der Waals surface area contributed by atoms with Crippen LogP contribution in [0.5, 0.6) is 0 Å². The summed E-state index contributed by atoms with van der Waals surface area (Å²) in [6, 6.07) is 9.72. The van der Waals surface area contributed by atoms with Gasteiger partial charge in [-0.25, -0.2) is 0 Å². The largest absolute Gasteiger partial charge is 0.321 e. The average Bonchev–Trinajstić information content (AvgIpc) is 2.70. The van der Waals surface area contributed by atoms with Crippen molar-refractivity contribution in [2.45, 2.75) is 11.8 Å². The van der Waals surface area contributed by atoms with Crippen molar-refractivity contribution in [2.24, 2.45) is 0 Å². The first-order chi connectivity index (χ1) is 8.60. The Bertz CT molecular complexity index is 561. The third kappa shape index (κ3) is 3.16. The summed E-state index contributed by atoms with van der Waals surface area (Å²) in [6.07, 6.45) is 2.01. The van der Waals surface area contributed by atoms with Crippen molar-refractivity contribution in [2.75, 3.05) is 11.6 Å². The van der Waals surface area contributed by atoms with Gasteiger partial charge >= 0.3 is 0 Å². The highest BCUT2D eigenvalue weighted by atomic mass is 79.9. The van der Waals surface area contributed by atoms with Crippen molar-refractivity contribution in [3.05, 3.63) is 44.6 Å². The minimum Gasteiger partial charge on any atom is -0.321 e. The number of anilines is 1. The predicted octanol–water partition coefficient (Wildman–Crippen LogP) is 4.79. The van der Waals surface area contributed by atoms with Crippen molar-refractivity contribution in [3.63, 3.8) is 0 Å². The maximum atomic E-state index is 12.1. The molecule has 1 aromatic carbocycles. The van der Waals surface area contributed by atoms with Crippen LogP contribution in [0.1, 0.15) is 15.2 Å². The van der Waals surface area contributed by atoms with E-state index in [1.54, 1.807) is 11.8 Å². The van der Waals surface area contributed by atoms with Crippen LogP contribution in [0.2, 0.25) is 0 Å². The number of hydrogen-bond acceptors (Lipinski definition) is 3. The molecule has 0 bridgehead atoms. The molecule has 5 heteroatoms. The Morgan fingerprint density at radius 3 is 2.78 bits per heavy atom. The Kier molecular flexibility index (Phi) is 4.48. The van der Waals surface area contributed by atoms with E-state index in [1.807, 2.05) is 43.5 Å². The van der Waals surface area contributed by atoms with Gasteiger partial charge in [0.05, 0.1) is 8.66 Å². The Morgan fingerprint density at radius 2 is 2.17 bits per heavy atom. The average molecular weight is 342 g/mol. The fourth-order valence-corrected chi connectivity index (χ4v) is 3.35. The van der Waals surface area contributed by atoms with Crippen LogP contribution in [0, 0.1) is 6.92 Å². The van der Waals surface area contributed by atoms with Crippen LogP contribution < -0.4 is 5.32 Å². The Balaban J connectivity index is 2.15. The second-order valence-corrected chi connectivity index (χ2v) is 7.00. The molecule has 2 nitrogen and oxygen atoms in total. The SMILES string of the molecule is CSc1cccc(NC(=O)c2cc(C)c(Br)s2)c1. The number of thioether (sulfide) groups is 1. The zero-order valence-electron chi connectivity index (χ0n) is 9.99. The fourth-order valence-electron chi connectivity index (χ4n) is 1.47. The molecule has 0 fully saturated rings. The molecule has 94 valence electrons. The lowest BCUT2D eigenvalue weighted by molar-refractivity contribution is 0.103. The lowest BCUT2D eigenvalue weighted by Gasteiger charge is -2.04. The number of aryl methyl sites for hydroxylation is 1. The summed E-state index contributed by atoms with van der Waals surface area (Å²) in [6.45, 7) is 1.98. The van der Waals surface area contributed by atoms with Gasteiger partial charge in [0.1, 0.15) is 0 Å². The number of carbonyl (C=O) groups is 1. The van der Waals surface area contributed by atoms with Crippen LogP contribution in [0.15, 0.2) is 39.0 Å². The summed E-state index contributed by atoms with van der Waals surface area (Å²) in [5, 5.41) is 2.91. The molecule has 1 heterocycles. The maximum absolute atomic E-state index is 12.1. The molecule has 2 aromatic rings. The highest BCUT2D eigenvalue weighted by Gasteiger charge is 2.11. The molecule has 0 aliphatic carbocycles. The molecule has 0 saturated heterocycles. The molecule has 0 spiro atoms. The molecular formula is C13H12BrNOS2. The Labute approximate surface area is 123 Å². The zero-order chi connectivity index (χ0) is 13.1. The molecule has 0 aliphatic rings. The normalized spacial score (nSPS) is 10.4. The molecule has 0 atom stereocenters. The van der Waals surface area contributed by atoms with E-state index < -0.39 is 0 Å². The van der Waals surface area contributed by atoms with Crippen LogP contribution in [0.4, 0.5) is 5.69 Å². The summed E-state index contributed by atoms with van der Waals surface area (Å²) < 4.78 is 1.01. The molecule has 0 radical (unpaired) electrons. The van der Waals surface area contributed by atoms with Crippen LogP contribution in [0.25, 0.3) is 0 Å². The second-order valence-electron chi connectivity index (χ2n) is 3.75. The molecule has 1 aromatic heterocycles. The number of amides is 1. The molecule has 0 unspecified atom stereocenters. The van der Waals surface area contributed by atoms with E-state index >= 15 is 0 Å². The van der Waals surface area contributed by atoms with Gasteiger partial charge in [-0.05, 0) is 58.9 Å². The van der Waals surface area contributed by atoms with E-state index in [4.69, 9.17) is 0 Å². The van der Waals surface area contributed by atoms with Gasteiger partial charge < -0.3 is 5.32 Å². The number of hydrogen-bond donors (Lipinski definition) is 1. The first-order valence-corrected chi connectivity index (χ1v) is 8.15. The molecule has 0 aliphatic heterocycles. The maximum Gasteiger partial charge on any atom is 0.265 e. The van der Waals surface area contributed by atoms with E-state index in [0.717, 1.165) is 19.9 Å². The van der Waals surface area contributed by atoms with Gasteiger partial charge in [-0.3, -0.25) is 4.79 Å². The van der Waals surface area contributed by atoms with Gasteiger partial charge in [0, 0.05) is 10.6 Å². The van der Waals surface area contributed by atoms with Gasteiger partial charge in [0.15, 0.2) is 0 Å². The Morgan fingerprint density at radius 1 is 1.39 bits per heavy atom. The van der Waals surface area contributed by atoms with Crippen LogP contribution in [0.3, 0.4) is 0 Å². The van der Waals surface area contributed by atoms with E-state index in [9.17, 15) is 4.79 Å². The molecule has 1 N–H and O–H groups in total. The summed E-state index contributed by atoms with van der Waals surface area (Å²) in [7, 11) is 0. The smallest absolute Gasteiger partial charge is 0.265 e. The minimum atomic E-state index is -0.0629. The quantitative estimate of drug-likeness (QED) is 0.813. The molecule has 1 amide bonds. The van der Waals surface area contributed by atoms with E-state index in [-0.39, 0.29) is 5.91 Å². The standard InChI is InChI=1S/C13H12BrNOS2/c1-8-6-11(18-12(8)14)13(16)15-9-4-3-5-10(7-9)17-2/h3-7H,1-2H3,(H,15,16). The monoisotopic (exact) mass is 341 g/mol. The van der Waals surface area contributed by atoms with E-state index in [0.29, 0.717) is 4.88 Å². The number of nitrogens with one attached hydrogen (secondary N) is 1. The van der Waals surface area contributed by atoms with E-state index in [1.165, 1.54) is 11.3 Å². The molecular weight excluding hydrogens is 330 g/mol. The van der Waals surface area contributed by atoms with Crippen molar-refractivity contribution >= 4 is 50.6 Å². The third-order valence-corrected chi connectivity index (χ3v) is 5.27. The number of rotatable bonds is 3. The fraction of sp³-hybridized carbons (Fsp3) is 0.154. The van der Waals surface area contributed by atoms with Crippen LogP contribution in [-0.2, 0) is 0 Å². The predicted molar refractivity (Wildman–Crippen MR) is 82.9 cm³/mol. The van der Waals surface area contributed by atoms with Crippen molar-refractivity contribution < 1.29 is 4.79 Å². The van der Waals surface area contributed by atoms with Crippen LogP contribution in [-0.4, -0.2) is 12.2 Å². The van der Waals surface area contributed by atoms with Crippen molar-refractivity contribution in [1.82, 2.24) is 0 Å². The highest BCUT2D eigenvalue weighted by molar-refractivity contribution is 9.11. The zero-order valence-corrected chi connectivity index (χ0v) is 13.2. The lowest BCUT2D eigenvalue weighted by atomic mass is 10.3. The number of carbonyl (C=O) groups excluding carboxylic acids is 1. The summed E-state index contributed by atoms with van der Waals surface area (Å²) in [4.78, 5) is 13.9. The minimum absolute atomic E-state index is 0.0629. The summed E-state index contributed by atoms with van der Waals surface area (Å²) in [5.74, 6) is -0.0629. The lowest BCUT2D eigenvalue weighted by Crippen LogP contribution is -2.09. The van der Waals surface area contributed by atoms with Gasteiger partial charge in [0.2, 0.25) is 0 Å². The third-order valence-electron chi connectivity index (χ3n) is 2.41. The topological polar surface area (TPSA) is 29.1 Å². The highest BCUT2D eigenvalue weighted by Crippen LogP contribution is 2.28. The Hall–Kier alpha value is -0.780. The number of halogens is 1. The molecule has 0 saturated carbocycles. The first-order valence-electron chi connectivity index (χ1n) is 5.31.